The van der Waals surface area contributed by atoms with Crippen molar-refractivity contribution in [1.29, 1.82) is 0 Å². The second kappa shape index (κ2) is 5.57. The van der Waals surface area contributed by atoms with Gasteiger partial charge in [-0.3, -0.25) is 0 Å². The van der Waals surface area contributed by atoms with Crippen LogP contribution in [0.2, 0.25) is 5.02 Å². The second-order valence-electron chi connectivity index (χ2n) is 4.32. The molecule has 1 N–H and O–H groups in total. The van der Waals surface area contributed by atoms with E-state index in [1.807, 2.05) is 13.1 Å². The quantitative estimate of drug-likeness (QED) is 0.887. The lowest BCUT2D eigenvalue weighted by molar-refractivity contribution is 0.0416. The Bertz CT molecular complexity index is 526. The average molecular weight is 290 g/mol. The third-order valence-corrected chi connectivity index (χ3v) is 5.56. The zero-order valence-corrected chi connectivity index (χ0v) is 11.7. The Balaban J connectivity index is 2.24. The Hall–Kier alpha value is -0.620. The van der Waals surface area contributed by atoms with Crippen molar-refractivity contribution in [1.82, 2.24) is 5.32 Å². The van der Waals surface area contributed by atoms with E-state index in [1.165, 1.54) is 0 Å². The van der Waals surface area contributed by atoms with Crippen molar-refractivity contribution in [3.05, 3.63) is 28.8 Å². The number of hydrogen-bond donors (Lipinski definition) is 1. The van der Waals surface area contributed by atoms with Crippen molar-refractivity contribution in [3.8, 4) is 0 Å². The SMILES string of the molecule is CNCCc1ccc(S(=O)(=O)C2COC2)c(Cl)c1. The van der Waals surface area contributed by atoms with Gasteiger partial charge in [-0.05, 0) is 37.7 Å². The number of rotatable bonds is 5. The highest BCUT2D eigenvalue weighted by Crippen LogP contribution is 2.28. The molecule has 0 amide bonds. The number of benzene rings is 1. The van der Waals surface area contributed by atoms with Gasteiger partial charge in [-0.25, -0.2) is 8.42 Å². The Morgan fingerprint density at radius 2 is 2.17 bits per heavy atom. The van der Waals surface area contributed by atoms with Crippen LogP contribution in [0, 0.1) is 0 Å². The highest BCUT2D eigenvalue weighted by molar-refractivity contribution is 7.92. The Labute approximate surface area is 112 Å². The summed E-state index contributed by atoms with van der Waals surface area (Å²) in [6, 6.07) is 5.14. The molecule has 18 heavy (non-hydrogen) atoms. The maximum Gasteiger partial charge on any atom is 0.187 e. The summed E-state index contributed by atoms with van der Waals surface area (Å²) in [5.74, 6) is 0. The summed E-state index contributed by atoms with van der Waals surface area (Å²) in [5.41, 5.74) is 1.03. The molecule has 0 saturated carbocycles. The predicted molar refractivity (Wildman–Crippen MR) is 70.9 cm³/mol. The summed E-state index contributed by atoms with van der Waals surface area (Å²) in [7, 11) is -1.47. The minimum absolute atomic E-state index is 0.214. The number of likely N-dealkylation sites (N-methyl/N-ethyl adjacent to an activating group) is 1. The molecule has 1 saturated heterocycles. The van der Waals surface area contributed by atoms with E-state index in [2.05, 4.69) is 5.32 Å². The molecule has 1 aromatic carbocycles. The van der Waals surface area contributed by atoms with Gasteiger partial charge in [0.05, 0.1) is 23.1 Å². The molecule has 0 unspecified atom stereocenters. The minimum atomic E-state index is -3.34. The van der Waals surface area contributed by atoms with Crippen LogP contribution in [0.25, 0.3) is 0 Å². The van der Waals surface area contributed by atoms with E-state index in [0.29, 0.717) is 5.02 Å². The summed E-state index contributed by atoms with van der Waals surface area (Å²) in [5, 5.41) is 2.89. The van der Waals surface area contributed by atoms with E-state index in [9.17, 15) is 8.42 Å². The molecule has 1 heterocycles. The Morgan fingerprint density at radius 3 is 2.67 bits per heavy atom. The first-order valence-electron chi connectivity index (χ1n) is 5.80. The zero-order valence-electron chi connectivity index (χ0n) is 10.1. The van der Waals surface area contributed by atoms with Gasteiger partial charge in [0.15, 0.2) is 9.84 Å². The molecule has 0 aliphatic carbocycles. The molecule has 1 aliphatic rings. The first-order chi connectivity index (χ1) is 8.55. The zero-order chi connectivity index (χ0) is 13.2. The lowest BCUT2D eigenvalue weighted by Gasteiger charge is -2.26. The Kier molecular flexibility index (Phi) is 4.27. The van der Waals surface area contributed by atoms with Gasteiger partial charge in [0.25, 0.3) is 0 Å². The largest absolute Gasteiger partial charge is 0.379 e. The maximum atomic E-state index is 12.2. The van der Waals surface area contributed by atoms with E-state index in [1.54, 1.807) is 12.1 Å². The smallest absolute Gasteiger partial charge is 0.187 e. The molecule has 0 aromatic heterocycles. The van der Waals surface area contributed by atoms with Crippen LogP contribution in [0.1, 0.15) is 5.56 Å². The summed E-state index contributed by atoms with van der Waals surface area (Å²) < 4.78 is 29.3. The summed E-state index contributed by atoms with van der Waals surface area (Å²) >= 11 is 6.08. The van der Waals surface area contributed by atoms with Crippen LogP contribution in [0.15, 0.2) is 23.1 Å². The number of ether oxygens (including phenoxy) is 1. The van der Waals surface area contributed by atoms with E-state index < -0.39 is 15.1 Å². The fourth-order valence-corrected chi connectivity index (χ4v) is 3.80. The number of sulfone groups is 1. The van der Waals surface area contributed by atoms with Crippen molar-refractivity contribution >= 4 is 21.4 Å². The molecule has 1 aromatic rings. The van der Waals surface area contributed by atoms with Gasteiger partial charge in [-0.1, -0.05) is 17.7 Å². The first-order valence-corrected chi connectivity index (χ1v) is 7.73. The molecule has 6 heteroatoms. The third kappa shape index (κ3) is 2.69. The van der Waals surface area contributed by atoms with Gasteiger partial charge in [0, 0.05) is 0 Å². The Morgan fingerprint density at radius 1 is 1.44 bits per heavy atom. The third-order valence-electron chi connectivity index (χ3n) is 3.01. The van der Waals surface area contributed by atoms with E-state index >= 15 is 0 Å². The number of nitrogens with one attached hydrogen (secondary N) is 1. The normalized spacial score (nSPS) is 16.6. The standard InChI is InChI=1S/C12H16ClNO3S/c1-14-5-4-9-2-3-12(11(13)6-9)18(15,16)10-7-17-8-10/h2-3,6,10,14H,4-5,7-8H2,1H3. The summed E-state index contributed by atoms with van der Waals surface area (Å²) in [4.78, 5) is 0.214. The van der Waals surface area contributed by atoms with Crippen LogP contribution < -0.4 is 5.32 Å². The van der Waals surface area contributed by atoms with E-state index in [-0.39, 0.29) is 18.1 Å². The van der Waals surface area contributed by atoms with Crippen molar-refractivity contribution in [2.24, 2.45) is 0 Å². The van der Waals surface area contributed by atoms with Gasteiger partial charge >= 0.3 is 0 Å². The van der Waals surface area contributed by atoms with Gasteiger partial charge in [-0.2, -0.15) is 0 Å². The molecule has 0 atom stereocenters. The highest BCUT2D eigenvalue weighted by atomic mass is 35.5. The topological polar surface area (TPSA) is 55.4 Å². The van der Waals surface area contributed by atoms with Crippen LogP contribution in [0.5, 0.6) is 0 Å². The molecule has 0 bridgehead atoms. The van der Waals surface area contributed by atoms with Gasteiger partial charge < -0.3 is 10.1 Å². The van der Waals surface area contributed by atoms with Crippen molar-refractivity contribution in [2.75, 3.05) is 26.8 Å². The minimum Gasteiger partial charge on any atom is -0.379 e. The van der Waals surface area contributed by atoms with Crippen LogP contribution in [-0.4, -0.2) is 40.5 Å². The molecular weight excluding hydrogens is 274 g/mol. The molecular formula is C12H16ClNO3S. The lowest BCUT2D eigenvalue weighted by atomic mass is 10.1. The molecule has 4 nitrogen and oxygen atoms in total. The first kappa shape index (κ1) is 13.8. The van der Waals surface area contributed by atoms with Crippen LogP contribution >= 0.6 is 11.6 Å². The van der Waals surface area contributed by atoms with Crippen molar-refractivity contribution < 1.29 is 13.2 Å². The molecule has 0 spiro atoms. The van der Waals surface area contributed by atoms with Crippen LogP contribution in [0.3, 0.4) is 0 Å². The fraction of sp³-hybridized carbons (Fsp3) is 0.500. The molecule has 0 radical (unpaired) electrons. The molecule has 2 rings (SSSR count). The number of hydrogen-bond acceptors (Lipinski definition) is 4. The lowest BCUT2D eigenvalue weighted by Crippen LogP contribution is -2.40. The highest BCUT2D eigenvalue weighted by Gasteiger charge is 2.35. The summed E-state index contributed by atoms with van der Waals surface area (Å²) in [6.07, 6.45) is 0.823. The predicted octanol–water partition coefficient (Wildman–Crippen LogP) is 1.27. The van der Waals surface area contributed by atoms with Gasteiger partial charge in [0.1, 0.15) is 5.25 Å². The molecule has 1 fully saturated rings. The van der Waals surface area contributed by atoms with Gasteiger partial charge in [0.2, 0.25) is 0 Å². The summed E-state index contributed by atoms with van der Waals surface area (Å²) in [6.45, 7) is 1.36. The molecule has 100 valence electrons. The second-order valence-corrected chi connectivity index (χ2v) is 6.93. The molecule has 1 aliphatic heterocycles. The van der Waals surface area contributed by atoms with Crippen molar-refractivity contribution in [3.63, 3.8) is 0 Å². The van der Waals surface area contributed by atoms with Crippen LogP contribution in [-0.2, 0) is 21.0 Å². The maximum absolute atomic E-state index is 12.2. The fourth-order valence-electron chi connectivity index (χ4n) is 1.77. The van der Waals surface area contributed by atoms with Crippen LogP contribution in [0.4, 0.5) is 0 Å². The van der Waals surface area contributed by atoms with E-state index in [0.717, 1.165) is 18.5 Å². The van der Waals surface area contributed by atoms with Crippen molar-refractivity contribution in [2.45, 2.75) is 16.6 Å². The van der Waals surface area contributed by atoms with Gasteiger partial charge in [-0.15, -0.1) is 0 Å². The number of halogens is 1. The monoisotopic (exact) mass is 289 g/mol. The van der Waals surface area contributed by atoms with E-state index in [4.69, 9.17) is 16.3 Å². The average Bonchev–Trinajstić information content (AvgIpc) is 2.22.